The average molecular weight is 366 g/mol. The molecule has 0 bridgehead atoms. The molecule has 140 valence electrons. The highest BCUT2D eigenvalue weighted by molar-refractivity contribution is 6.39. The van der Waals surface area contributed by atoms with Gasteiger partial charge in [-0.15, -0.1) is 0 Å². The first kappa shape index (κ1) is 18.6. The molecule has 0 spiro atoms. The minimum absolute atomic E-state index is 0.00993. The molecule has 1 aliphatic heterocycles. The van der Waals surface area contributed by atoms with Crippen LogP contribution in [0.2, 0.25) is 0 Å². The van der Waals surface area contributed by atoms with E-state index in [9.17, 15) is 14.4 Å². The Morgan fingerprint density at radius 2 is 1.85 bits per heavy atom. The number of hydrogen-bond acceptors (Lipinski definition) is 4. The second-order valence-corrected chi connectivity index (χ2v) is 6.64. The monoisotopic (exact) mass is 366 g/mol. The zero-order valence-electron chi connectivity index (χ0n) is 15.1. The van der Waals surface area contributed by atoms with Crippen molar-refractivity contribution in [2.75, 3.05) is 5.32 Å². The molecule has 3 amide bonds. The van der Waals surface area contributed by atoms with Crippen molar-refractivity contribution in [2.24, 2.45) is 5.73 Å². The number of piperidine rings is 1. The lowest BCUT2D eigenvalue weighted by molar-refractivity contribution is -0.148. The molecular formula is C20H22N4O3. The van der Waals surface area contributed by atoms with E-state index >= 15 is 0 Å². The highest BCUT2D eigenvalue weighted by Gasteiger charge is 2.36. The number of rotatable bonds is 3. The number of benzene rings is 1. The Hall–Kier alpha value is -3.22. The summed E-state index contributed by atoms with van der Waals surface area (Å²) in [6.07, 6.45) is 4.03. The van der Waals surface area contributed by atoms with E-state index in [1.807, 2.05) is 37.3 Å². The Bertz CT molecular complexity index is 853. The van der Waals surface area contributed by atoms with E-state index < -0.39 is 17.7 Å². The maximum Gasteiger partial charge on any atom is 0.315 e. The van der Waals surface area contributed by atoms with Crippen molar-refractivity contribution < 1.29 is 14.4 Å². The molecule has 1 aromatic carbocycles. The lowest BCUT2D eigenvalue weighted by atomic mass is 9.91. The Labute approximate surface area is 157 Å². The van der Waals surface area contributed by atoms with Crippen LogP contribution in [0.5, 0.6) is 0 Å². The van der Waals surface area contributed by atoms with E-state index in [1.54, 1.807) is 4.90 Å². The van der Waals surface area contributed by atoms with Gasteiger partial charge in [0.05, 0.1) is 11.6 Å². The van der Waals surface area contributed by atoms with Gasteiger partial charge in [0.25, 0.3) is 5.91 Å². The maximum absolute atomic E-state index is 12.9. The summed E-state index contributed by atoms with van der Waals surface area (Å²) in [5.74, 6) is -2.20. The molecule has 7 heteroatoms. The largest absolute Gasteiger partial charge is 0.365 e. The number of carbonyl (C=O) groups is 3. The summed E-state index contributed by atoms with van der Waals surface area (Å²) in [6, 6.07) is 12.4. The molecule has 1 saturated heterocycles. The van der Waals surface area contributed by atoms with Gasteiger partial charge in [0.2, 0.25) is 0 Å². The van der Waals surface area contributed by atoms with Crippen molar-refractivity contribution in [1.82, 2.24) is 9.88 Å². The summed E-state index contributed by atoms with van der Waals surface area (Å²) in [5.41, 5.74) is 6.36. The van der Waals surface area contributed by atoms with E-state index in [0.717, 1.165) is 24.8 Å². The van der Waals surface area contributed by atoms with Gasteiger partial charge in [-0.25, -0.2) is 4.98 Å². The number of likely N-dealkylation sites (tertiary alicyclic amines) is 1. The fraction of sp³-hybridized carbons (Fsp3) is 0.300. The smallest absolute Gasteiger partial charge is 0.315 e. The van der Waals surface area contributed by atoms with Crippen LogP contribution in [0.3, 0.4) is 0 Å². The Morgan fingerprint density at radius 1 is 1.11 bits per heavy atom. The van der Waals surface area contributed by atoms with E-state index in [4.69, 9.17) is 5.73 Å². The second kappa shape index (κ2) is 7.99. The van der Waals surface area contributed by atoms with Gasteiger partial charge in [0.1, 0.15) is 5.82 Å². The summed E-state index contributed by atoms with van der Waals surface area (Å²) < 4.78 is 0. The molecule has 3 rings (SSSR count). The molecule has 0 radical (unpaired) electrons. The molecule has 1 fully saturated rings. The molecule has 27 heavy (non-hydrogen) atoms. The summed E-state index contributed by atoms with van der Waals surface area (Å²) in [6.45, 7) is 1.94. The van der Waals surface area contributed by atoms with Crippen LogP contribution in [-0.4, -0.2) is 33.6 Å². The van der Waals surface area contributed by atoms with Gasteiger partial charge in [-0.1, -0.05) is 30.3 Å². The number of carbonyl (C=O) groups excluding carboxylic acids is 3. The predicted octanol–water partition coefficient (Wildman–Crippen LogP) is 2.26. The molecule has 7 nitrogen and oxygen atoms in total. The van der Waals surface area contributed by atoms with E-state index in [2.05, 4.69) is 10.3 Å². The van der Waals surface area contributed by atoms with Crippen LogP contribution in [-0.2, 0) is 9.59 Å². The van der Waals surface area contributed by atoms with Crippen molar-refractivity contribution in [3.05, 3.63) is 59.8 Å². The molecule has 0 unspecified atom stereocenters. The highest BCUT2D eigenvalue weighted by atomic mass is 16.2. The first-order chi connectivity index (χ1) is 13.0. The summed E-state index contributed by atoms with van der Waals surface area (Å²) in [5, 5.41) is 2.44. The van der Waals surface area contributed by atoms with Crippen LogP contribution >= 0.6 is 0 Å². The van der Waals surface area contributed by atoms with Crippen molar-refractivity contribution in [3.63, 3.8) is 0 Å². The number of anilines is 1. The minimum Gasteiger partial charge on any atom is -0.365 e. The van der Waals surface area contributed by atoms with Gasteiger partial charge in [-0.3, -0.25) is 14.4 Å². The number of nitrogens with zero attached hydrogens (tertiary/aromatic N) is 2. The van der Waals surface area contributed by atoms with Crippen LogP contribution < -0.4 is 11.1 Å². The standard InChI is InChI=1S/C20H22N4O3/c1-13-7-5-11-16(14-8-3-2-4-9-14)24(13)20(27)19(26)23-18-15(17(21)25)10-6-12-22-18/h2-4,6,8-10,12-13,16H,5,7,11H2,1H3,(H2,21,25)(H,22,23,26)/t13-,16-/m1/s1. The molecule has 2 atom stereocenters. The van der Waals surface area contributed by atoms with Crippen molar-refractivity contribution >= 4 is 23.5 Å². The lowest BCUT2D eigenvalue weighted by Gasteiger charge is -2.40. The molecular weight excluding hydrogens is 344 g/mol. The van der Waals surface area contributed by atoms with Crippen molar-refractivity contribution in [1.29, 1.82) is 0 Å². The van der Waals surface area contributed by atoms with Gasteiger partial charge in [-0.2, -0.15) is 0 Å². The third kappa shape index (κ3) is 3.97. The first-order valence-electron chi connectivity index (χ1n) is 8.92. The second-order valence-electron chi connectivity index (χ2n) is 6.64. The van der Waals surface area contributed by atoms with Crippen LogP contribution in [0.25, 0.3) is 0 Å². The van der Waals surface area contributed by atoms with Crippen LogP contribution in [0.1, 0.15) is 48.1 Å². The minimum atomic E-state index is -0.828. The van der Waals surface area contributed by atoms with Gasteiger partial charge in [-0.05, 0) is 43.9 Å². The maximum atomic E-state index is 12.9. The molecule has 2 heterocycles. The molecule has 2 aromatic rings. The quantitative estimate of drug-likeness (QED) is 0.813. The molecule has 1 aromatic heterocycles. The summed E-state index contributed by atoms with van der Waals surface area (Å²) in [4.78, 5) is 42.6. The van der Waals surface area contributed by atoms with Gasteiger partial charge < -0.3 is 16.0 Å². The normalized spacial score (nSPS) is 19.4. The SMILES string of the molecule is C[C@@H]1CCC[C@H](c2ccccc2)N1C(=O)C(=O)Nc1ncccc1C(N)=O. The number of primary amides is 1. The Balaban J connectivity index is 1.84. The van der Waals surface area contributed by atoms with Crippen LogP contribution in [0.15, 0.2) is 48.7 Å². The molecule has 3 N–H and O–H groups in total. The molecule has 0 saturated carbocycles. The van der Waals surface area contributed by atoms with Gasteiger partial charge >= 0.3 is 11.8 Å². The van der Waals surface area contributed by atoms with E-state index in [0.29, 0.717) is 0 Å². The number of hydrogen-bond donors (Lipinski definition) is 2. The fourth-order valence-electron chi connectivity index (χ4n) is 3.52. The topological polar surface area (TPSA) is 105 Å². The van der Waals surface area contributed by atoms with Crippen molar-refractivity contribution in [2.45, 2.75) is 38.3 Å². The zero-order chi connectivity index (χ0) is 19.4. The fourth-order valence-corrected chi connectivity index (χ4v) is 3.52. The lowest BCUT2D eigenvalue weighted by Crippen LogP contribution is -2.49. The highest BCUT2D eigenvalue weighted by Crippen LogP contribution is 2.34. The Morgan fingerprint density at radius 3 is 2.56 bits per heavy atom. The van der Waals surface area contributed by atoms with Crippen molar-refractivity contribution in [3.8, 4) is 0 Å². The number of aromatic nitrogens is 1. The number of nitrogens with one attached hydrogen (secondary N) is 1. The third-order valence-corrected chi connectivity index (χ3v) is 4.83. The molecule has 0 aliphatic carbocycles. The van der Waals surface area contributed by atoms with Crippen LogP contribution in [0.4, 0.5) is 5.82 Å². The zero-order valence-corrected chi connectivity index (χ0v) is 15.1. The third-order valence-electron chi connectivity index (χ3n) is 4.83. The number of pyridine rings is 1. The van der Waals surface area contributed by atoms with Gasteiger partial charge in [0, 0.05) is 12.2 Å². The van der Waals surface area contributed by atoms with E-state index in [1.165, 1.54) is 18.3 Å². The van der Waals surface area contributed by atoms with Gasteiger partial charge in [0.15, 0.2) is 0 Å². The summed E-state index contributed by atoms with van der Waals surface area (Å²) >= 11 is 0. The molecule has 1 aliphatic rings. The summed E-state index contributed by atoms with van der Waals surface area (Å²) in [7, 11) is 0. The average Bonchev–Trinajstić information content (AvgIpc) is 2.68. The van der Waals surface area contributed by atoms with E-state index in [-0.39, 0.29) is 23.5 Å². The number of nitrogens with two attached hydrogens (primary N) is 1. The first-order valence-corrected chi connectivity index (χ1v) is 8.92. The van der Waals surface area contributed by atoms with Crippen LogP contribution in [0, 0.1) is 0 Å². The predicted molar refractivity (Wildman–Crippen MR) is 101 cm³/mol. The Kier molecular flexibility index (Phi) is 5.49. The number of amides is 3.